The number of methoxy groups -OCH3 is 1. The number of carbonyl (C=O) groups is 1. The summed E-state index contributed by atoms with van der Waals surface area (Å²) in [5.74, 6) is -0.0369. The SMILES string of the molecule is COCC(O)CCNC(=O)CCn1cccn1. The molecule has 0 spiro atoms. The average molecular weight is 241 g/mol. The molecule has 1 aromatic rings. The number of ether oxygens (including phenoxy) is 1. The minimum atomic E-state index is -0.522. The number of aliphatic hydroxyl groups is 1. The molecule has 0 aliphatic carbocycles. The smallest absolute Gasteiger partial charge is 0.221 e. The van der Waals surface area contributed by atoms with E-state index in [9.17, 15) is 9.90 Å². The van der Waals surface area contributed by atoms with Gasteiger partial charge in [0, 0.05) is 39.0 Å². The van der Waals surface area contributed by atoms with Gasteiger partial charge in [0.05, 0.1) is 12.7 Å². The summed E-state index contributed by atoms with van der Waals surface area (Å²) in [4.78, 5) is 11.4. The van der Waals surface area contributed by atoms with Crippen molar-refractivity contribution in [3.63, 3.8) is 0 Å². The summed E-state index contributed by atoms with van der Waals surface area (Å²) in [6, 6.07) is 1.82. The fourth-order valence-corrected chi connectivity index (χ4v) is 1.39. The molecule has 6 heteroatoms. The molecule has 1 heterocycles. The van der Waals surface area contributed by atoms with Gasteiger partial charge >= 0.3 is 0 Å². The van der Waals surface area contributed by atoms with Crippen molar-refractivity contribution < 1.29 is 14.6 Å². The van der Waals surface area contributed by atoms with E-state index in [0.717, 1.165) is 0 Å². The molecule has 1 amide bonds. The number of amides is 1. The van der Waals surface area contributed by atoms with Crippen molar-refractivity contribution in [2.45, 2.75) is 25.5 Å². The molecule has 1 rings (SSSR count). The van der Waals surface area contributed by atoms with Crippen molar-refractivity contribution in [3.05, 3.63) is 18.5 Å². The monoisotopic (exact) mass is 241 g/mol. The number of aryl methyl sites for hydroxylation is 1. The highest BCUT2D eigenvalue weighted by atomic mass is 16.5. The highest BCUT2D eigenvalue weighted by Gasteiger charge is 2.05. The lowest BCUT2D eigenvalue weighted by molar-refractivity contribution is -0.121. The molecule has 2 N–H and O–H groups in total. The molecule has 1 unspecified atom stereocenters. The average Bonchev–Trinajstić information content (AvgIpc) is 2.79. The van der Waals surface area contributed by atoms with E-state index >= 15 is 0 Å². The summed E-state index contributed by atoms with van der Waals surface area (Å²) < 4.78 is 6.49. The van der Waals surface area contributed by atoms with Crippen LogP contribution in [-0.2, 0) is 16.1 Å². The van der Waals surface area contributed by atoms with Crippen molar-refractivity contribution in [3.8, 4) is 0 Å². The molecule has 0 aromatic carbocycles. The Bertz CT molecular complexity index is 314. The maximum Gasteiger partial charge on any atom is 0.221 e. The molecule has 1 aromatic heterocycles. The van der Waals surface area contributed by atoms with Crippen LogP contribution in [0.1, 0.15) is 12.8 Å². The zero-order valence-electron chi connectivity index (χ0n) is 10.0. The van der Waals surface area contributed by atoms with Gasteiger partial charge in [-0.25, -0.2) is 0 Å². The van der Waals surface area contributed by atoms with Gasteiger partial charge in [0.15, 0.2) is 0 Å². The largest absolute Gasteiger partial charge is 0.391 e. The van der Waals surface area contributed by atoms with Crippen molar-refractivity contribution in [1.29, 1.82) is 0 Å². The van der Waals surface area contributed by atoms with E-state index in [0.29, 0.717) is 32.5 Å². The molecule has 0 radical (unpaired) electrons. The van der Waals surface area contributed by atoms with Gasteiger partial charge in [-0.1, -0.05) is 0 Å². The summed E-state index contributed by atoms with van der Waals surface area (Å²) in [5.41, 5.74) is 0. The fourth-order valence-electron chi connectivity index (χ4n) is 1.39. The quantitative estimate of drug-likeness (QED) is 0.660. The van der Waals surface area contributed by atoms with Crippen LogP contribution < -0.4 is 5.32 Å². The van der Waals surface area contributed by atoms with E-state index in [-0.39, 0.29) is 5.91 Å². The predicted molar refractivity (Wildman–Crippen MR) is 62.4 cm³/mol. The number of aliphatic hydroxyl groups excluding tert-OH is 1. The van der Waals surface area contributed by atoms with Crippen LogP contribution >= 0.6 is 0 Å². The molecule has 0 saturated carbocycles. The Hall–Kier alpha value is -1.40. The topological polar surface area (TPSA) is 76.4 Å². The van der Waals surface area contributed by atoms with Crippen LogP contribution in [0.4, 0.5) is 0 Å². The minimum absolute atomic E-state index is 0.0369. The number of nitrogens with zero attached hydrogens (tertiary/aromatic N) is 2. The third-order valence-corrected chi connectivity index (χ3v) is 2.29. The Morgan fingerprint density at radius 2 is 2.47 bits per heavy atom. The maximum atomic E-state index is 11.4. The van der Waals surface area contributed by atoms with Crippen molar-refractivity contribution in [2.24, 2.45) is 0 Å². The van der Waals surface area contributed by atoms with Gasteiger partial charge in [-0.2, -0.15) is 5.10 Å². The zero-order chi connectivity index (χ0) is 12.5. The molecule has 96 valence electrons. The number of rotatable bonds is 8. The highest BCUT2D eigenvalue weighted by Crippen LogP contribution is 1.92. The summed E-state index contributed by atoms with van der Waals surface area (Å²) >= 11 is 0. The predicted octanol–water partition coefficient (Wildman–Crippen LogP) is -0.213. The van der Waals surface area contributed by atoms with E-state index in [4.69, 9.17) is 4.74 Å². The molecule has 1 atom stereocenters. The Labute approximate surface area is 101 Å². The molecule has 6 nitrogen and oxygen atoms in total. The molecule has 17 heavy (non-hydrogen) atoms. The second-order valence-corrected chi connectivity index (χ2v) is 3.77. The number of hydrogen-bond acceptors (Lipinski definition) is 4. The summed E-state index contributed by atoms with van der Waals surface area (Å²) in [7, 11) is 1.53. The van der Waals surface area contributed by atoms with Gasteiger partial charge in [0.1, 0.15) is 0 Å². The van der Waals surface area contributed by atoms with E-state index in [1.807, 2.05) is 12.3 Å². The van der Waals surface area contributed by atoms with Crippen molar-refractivity contribution in [1.82, 2.24) is 15.1 Å². The number of hydrogen-bond donors (Lipinski definition) is 2. The molecular weight excluding hydrogens is 222 g/mol. The van der Waals surface area contributed by atoms with Crippen LogP contribution in [-0.4, -0.2) is 47.2 Å². The van der Waals surface area contributed by atoms with Gasteiger partial charge in [-0.05, 0) is 12.5 Å². The van der Waals surface area contributed by atoms with Crippen LogP contribution in [0.3, 0.4) is 0 Å². The van der Waals surface area contributed by atoms with Gasteiger partial charge in [-0.3, -0.25) is 9.48 Å². The number of aromatic nitrogens is 2. The van der Waals surface area contributed by atoms with Gasteiger partial charge in [0.2, 0.25) is 5.91 Å². The minimum Gasteiger partial charge on any atom is -0.391 e. The second-order valence-electron chi connectivity index (χ2n) is 3.77. The first kappa shape index (κ1) is 13.7. The first-order valence-corrected chi connectivity index (χ1v) is 5.63. The molecule has 0 aliphatic heterocycles. The highest BCUT2D eigenvalue weighted by molar-refractivity contribution is 5.75. The second kappa shape index (κ2) is 7.81. The lowest BCUT2D eigenvalue weighted by atomic mass is 10.2. The van der Waals surface area contributed by atoms with Crippen LogP contribution in [0.25, 0.3) is 0 Å². The summed E-state index contributed by atoms with van der Waals surface area (Å²) in [6.45, 7) is 1.32. The number of carbonyl (C=O) groups excluding carboxylic acids is 1. The Morgan fingerprint density at radius 1 is 1.65 bits per heavy atom. The first-order chi connectivity index (χ1) is 8.22. The van der Waals surface area contributed by atoms with Gasteiger partial charge in [-0.15, -0.1) is 0 Å². The fraction of sp³-hybridized carbons (Fsp3) is 0.636. The summed E-state index contributed by atoms with van der Waals surface area (Å²) in [6.07, 6.45) is 3.87. The third-order valence-electron chi connectivity index (χ3n) is 2.29. The molecule has 0 aliphatic rings. The normalized spacial score (nSPS) is 12.4. The summed E-state index contributed by atoms with van der Waals surface area (Å²) in [5, 5.41) is 16.1. The zero-order valence-corrected chi connectivity index (χ0v) is 10.0. The van der Waals surface area contributed by atoms with Crippen LogP contribution in [0.15, 0.2) is 18.5 Å². The van der Waals surface area contributed by atoms with Crippen LogP contribution in [0.5, 0.6) is 0 Å². The van der Waals surface area contributed by atoms with E-state index in [1.54, 1.807) is 10.9 Å². The van der Waals surface area contributed by atoms with Crippen molar-refractivity contribution in [2.75, 3.05) is 20.3 Å². The Kier molecular flexibility index (Phi) is 6.27. The molecule has 0 fully saturated rings. The van der Waals surface area contributed by atoms with Crippen LogP contribution in [0.2, 0.25) is 0 Å². The Balaban J connectivity index is 2.05. The lowest BCUT2D eigenvalue weighted by Gasteiger charge is -2.10. The molecule has 0 saturated heterocycles. The van der Waals surface area contributed by atoms with Crippen LogP contribution in [0, 0.1) is 0 Å². The number of nitrogens with one attached hydrogen (secondary N) is 1. The van der Waals surface area contributed by atoms with Gasteiger partial charge in [0.25, 0.3) is 0 Å². The molecular formula is C11H19N3O3. The third kappa shape index (κ3) is 6.03. The first-order valence-electron chi connectivity index (χ1n) is 5.63. The Morgan fingerprint density at radius 3 is 3.12 bits per heavy atom. The molecule has 0 bridgehead atoms. The lowest BCUT2D eigenvalue weighted by Crippen LogP contribution is -2.29. The van der Waals surface area contributed by atoms with E-state index < -0.39 is 6.10 Å². The van der Waals surface area contributed by atoms with E-state index in [1.165, 1.54) is 7.11 Å². The van der Waals surface area contributed by atoms with Gasteiger partial charge < -0.3 is 15.2 Å². The standard InChI is InChI=1S/C11H19N3O3/c1-17-9-10(15)3-6-12-11(16)4-8-14-7-2-5-13-14/h2,5,7,10,15H,3-4,6,8-9H2,1H3,(H,12,16). The van der Waals surface area contributed by atoms with E-state index in [2.05, 4.69) is 10.4 Å². The van der Waals surface area contributed by atoms with Crippen molar-refractivity contribution >= 4 is 5.91 Å². The maximum absolute atomic E-state index is 11.4.